The molecule has 0 amide bonds. The van der Waals surface area contributed by atoms with Crippen molar-refractivity contribution in [1.82, 2.24) is 10.2 Å². The van der Waals surface area contributed by atoms with Gasteiger partial charge in [-0.05, 0) is 30.9 Å². The van der Waals surface area contributed by atoms with Gasteiger partial charge >= 0.3 is 0 Å². The Labute approximate surface area is 153 Å². The molecule has 0 aromatic heterocycles. The van der Waals surface area contributed by atoms with Gasteiger partial charge in [0.2, 0.25) is 0 Å². The zero-order chi connectivity index (χ0) is 13.9. The number of nitrogens with one attached hydrogen (secondary N) is 1. The molecule has 0 radical (unpaired) electrons. The predicted octanol–water partition coefficient (Wildman–Crippen LogP) is 4.57. The van der Waals surface area contributed by atoms with Gasteiger partial charge < -0.3 is 5.32 Å². The highest BCUT2D eigenvalue weighted by Gasteiger charge is 2.34. The van der Waals surface area contributed by atoms with Gasteiger partial charge in [-0.25, -0.2) is 4.39 Å². The summed E-state index contributed by atoms with van der Waals surface area (Å²) in [7, 11) is 0. The third kappa shape index (κ3) is 4.35. The molecule has 0 spiro atoms. The Bertz CT molecular complexity index is 443. The van der Waals surface area contributed by atoms with E-state index in [0.29, 0.717) is 5.92 Å². The molecule has 1 atom stereocenters. The Balaban J connectivity index is 0.00000121. The smallest absolute Gasteiger partial charge is 0.129 e. The molecule has 1 aromatic carbocycles. The lowest BCUT2D eigenvalue weighted by atomic mass is 9.89. The lowest BCUT2D eigenvalue weighted by molar-refractivity contribution is 0.122. The van der Waals surface area contributed by atoms with Crippen molar-refractivity contribution in [2.45, 2.75) is 31.7 Å². The molecular weight excluding hydrogens is 390 g/mol. The maximum atomic E-state index is 14.4. The predicted molar refractivity (Wildman–Crippen MR) is 97.7 cm³/mol. The van der Waals surface area contributed by atoms with Gasteiger partial charge in [0.25, 0.3) is 0 Å². The molecule has 0 unspecified atom stereocenters. The van der Waals surface area contributed by atoms with E-state index < -0.39 is 0 Å². The summed E-state index contributed by atoms with van der Waals surface area (Å²) in [5.74, 6) is 0.538. The van der Waals surface area contributed by atoms with Crippen LogP contribution in [0, 0.1) is 11.7 Å². The molecule has 2 fully saturated rings. The van der Waals surface area contributed by atoms with Crippen molar-refractivity contribution in [2.24, 2.45) is 5.92 Å². The minimum Gasteiger partial charge on any atom is -0.314 e. The standard InChI is InChI=1S/C16H22BrFN2.2ClH/c17-13-6-3-7-14(18)15(13)16(12-4-1-2-5-12)20-10-8-19-9-11-20;;/h3,6-7,12,16,19H,1-2,4-5,8-11H2;2*1H/t16-;;/m1../s1. The average molecular weight is 414 g/mol. The summed E-state index contributed by atoms with van der Waals surface area (Å²) < 4.78 is 15.4. The highest BCUT2D eigenvalue weighted by Crippen LogP contribution is 2.42. The molecule has 1 heterocycles. The number of benzene rings is 1. The quantitative estimate of drug-likeness (QED) is 0.780. The molecule has 1 saturated heterocycles. The summed E-state index contributed by atoms with van der Waals surface area (Å²) in [6.45, 7) is 4.05. The van der Waals surface area contributed by atoms with Crippen molar-refractivity contribution in [3.63, 3.8) is 0 Å². The first-order chi connectivity index (χ1) is 9.77. The fourth-order valence-corrected chi connectivity index (χ4v) is 4.32. The van der Waals surface area contributed by atoms with E-state index >= 15 is 0 Å². The van der Waals surface area contributed by atoms with Gasteiger partial charge in [0.15, 0.2) is 0 Å². The summed E-state index contributed by atoms with van der Waals surface area (Å²) in [4.78, 5) is 2.48. The van der Waals surface area contributed by atoms with Crippen molar-refractivity contribution in [3.05, 3.63) is 34.1 Å². The van der Waals surface area contributed by atoms with Gasteiger partial charge in [0, 0.05) is 42.3 Å². The summed E-state index contributed by atoms with van der Waals surface area (Å²) in [5, 5.41) is 3.39. The number of nitrogens with zero attached hydrogens (tertiary/aromatic N) is 1. The Morgan fingerprint density at radius 2 is 1.77 bits per heavy atom. The second-order valence-electron chi connectivity index (χ2n) is 5.91. The number of rotatable bonds is 3. The fraction of sp³-hybridized carbons (Fsp3) is 0.625. The van der Waals surface area contributed by atoms with Crippen LogP contribution in [0.4, 0.5) is 4.39 Å². The van der Waals surface area contributed by atoms with E-state index in [9.17, 15) is 4.39 Å². The first-order valence-electron chi connectivity index (χ1n) is 7.66. The van der Waals surface area contributed by atoms with Gasteiger partial charge in [-0.2, -0.15) is 0 Å². The summed E-state index contributed by atoms with van der Waals surface area (Å²) in [6, 6.07) is 5.59. The first kappa shape index (κ1) is 20.2. The minimum atomic E-state index is -0.0604. The Morgan fingerprint density at radius 1 is 1.14 bits per heavy atom. The van der Waals surface area contributed by atoms with E-state index in [4.69, 9.17) is 0 Å². The molecule has 126 valence electrons. The van der Waals surface area contributed by atoms with E-state index in [2.05, 4.69) is 26.1 Å². The van der Waals surface area contributed by atoms with Crippen LogP contribution in [-0.4, -0.2) is 31.1 Å². The first-order valence-corrected chi connectivity index (χ1v) is 8.45. The topological polar surface area (TPSA) is 15.3 Å². The third-order valence-electron chi connectivity index (χ3n) is 4.69. The summed E-state index contributed by atoms with van der Waals surface area (Å²) in [5.41, 5.74) is 0.876. The molecule has 2 aliphatic rings. The van der Waals surface area contributed by atoms with E-state index in [1.54, 1.807) is 12.1 Å². The van der Waals surface area contributed by atoms with E-state index in [1.165, 1.54) is 25.7 Å². The maximum Gasteiger partial charge on any atom is 0.129 e. The third-order valence-corrected chi connectivity index (χ3v) is 5.38. The van der Waals surface area contributed by atoms with Crippen LogP contribution in [0.15, 0.2) is 22.7 Å². The number of hydrogen-bond donors (Lipinski definition) is 1. The summed E-state index contributed by atoms with van der Waals surface area (Å²) in [6.07, 6.45) is 5.05. The fourth-order valence-electron chi connectivity index (χ4n) is 3.74. The maximum absolute atomic E-state index is 14.4. The molecule has 1 N–H and O–H groups in total. The van der Waals surface area contributed by atoms with Gasteiger partial charge in [-0.15, -0.1) is 24.8 Å². The normalized spacial score (nSPS) is 21.0. The van der Waals surface area contributed by atoms with Crippen LogP contribution < -0.4 is 5.32 Å². The number of piperazine rings is 1. The molecule has 1 aromatic rings. The minimum absolute atomic E-state index is 0. The molecular formula is C16H24BrCl2FN2. The molecule has 0 bridgehead atoms. The van der Waals surface area contributed by atoms with Gasteiger partial charge in [0.05, 0.1) is 0 Å². The molecule has 6 heteroatoms. The van der Waals surface area contributed by atoms with Crippen molar-refractivity contribution in [1.29, 1.82) is 0 Å². The van der Waals surface area contributed by atoms with Crippen LogP contribution >= 0.6 is 40.7 Å². The van der Waals surface area contributed by atoms with Crippen LogP contribution in [-0.2, 0) is 0 Å². The second-order valence-corrected chi connectivity index (χ2v) is 6.77. The van der Waals surface area contributed by atoms with Crippen LogP contribution in [0.2, 0.25) is 0 Å². The van der Waals surface area contributed by atoms with E-state index in [-0.39, 0.29) is 36.7 Å². The van der Waals surface area contributed by atoms with Crippen LogP contribution in [0.3, 0.4) is 0 Å². The van der Waals surface area contributed by atoms with Crippen molar-refractivity contribution in [2.75, 3.05) is 26.2 Å². The highest BCUT2D eigenvalue weighted by atomic mass is 79.9. The number of halogens is 4. The Kier molecular flexibility index (Phi) is 8.65. The van der Waals surface area contributed by atoms with Crippen molar-refractivity contribution >= 4 is 40.7 Å². The largest absolute Gasteiger partial charge is 0.314 e. The van der Waals surface area contributed by atoms with Crippen LogP contribution in [0.25, 0.3) is 0 Å². The SMILES string of the molecule is Cl.Cl.Fc1cccc(Br)c1[C@@H](C1CCCC1)N1CCNCC1. The van der Waals surface area contributed by atoms with Crippen LogP contribution in [0.5, 0.6) is 0 Å². The highest BCUT2D eigenvalue weighted by molar-refractivity contribution is 9.10. The van der Waals surface area contributed by atoms with Crippen molar-refractivity contribution < 1.29 is 4.39 Å². The molecule has 1 aliphatic carbocycles. The van der Waals surface area contributed by atoms with Gasteiger partial charge in [0.1, 0.15) is 5.82 Å². The number of hydrogen-bond acceptors (Lipinski definition) is 2. The van der Waals surface area contributed by atoms with Crippen molar-refractivity contribution in [3.8, 4) is 0 Å². The van der Waals surface area contributed by atoms with Gasteiger partial charge in [-0.1, -0.05) is 34.8 Å². The lowest BCUT2D eigenvalue weighted by Gasteiger charge is -2.39. The van der Waals surface area contributed by atoms with Gasteiger partial charge in [-0.3, -0.25) is 4.90 Å². The molecule has 2 nitrogen and oxygen atoms in total. The second kappa shape index (κ2) is 9.43. The van der Waals surface area contributed by atoms with Crippen LogP contribution in [0.1, 0.15) is 37.3 Å². The summed E-state index contributed by atoms with van der Waals surface area (Å²) >= 11 is 3.58. The molecule has 1 aliphatic heterocycles. The van der Waals surface area contributed by atoms with E-state index in [1.807, 2.05) is 6.07 Å². The molecule has 1 saturated carbocycles. The monoisotopic (exact) mass is 412 g/mol. The Morgan fingerprint density at radius 3 is 2.36 bits per heavy atom. The molecule has 22 heavy (non-hydrogen) atoms. The lowest BCUT2D eigenvalue weighted by Crippen LogP contribution is -2.47. The zero-order valence-corrected chi connectivity index (χ0v) is 15.8. The Hall–Kier alpha value is 0.130. The average Bonchev–Trinajstić information content (AvgIpc) is 2.98. The zero-order valence-electron chi connectivity index (χ0n) is 12.6. The van der Waals surface area contributed by atoms with E-state index in [0.717, 1.165) is 36.2 Å². The molecule has 3 rings (SSSR count).